The van der Waals surface area contributed by atoms with Gasteiger partial charge in [-0.05, 0) is 31.2 Å². The predicted octanol–water partition coefficient (Wildman–Crippen LogP) is 2.94. The van der Waals surface area contributed by atoms with Gasteiger partial charge in [0.25, 0.3) is 5.91 Å². The highest BCUT2D eigenvalue weighted by atomic mass is 19.3. The van der Waals surface area contributed by atoms with Gasteiger partial charge in [0.1, 0.15) is 5.75 Å². The van der Waals surface area contributed by atoms with Crippen LogP contribution in [0.25, 0.3) is 0 Å². The Kier molecular flexibility index (Phi) is 6.03. The fraction of sp³-hybridized carbons (Fsp3) is 0.318. The van der Waals surface area contributed by atoms with Crippen molar-refractivity contribution in [2.45, 2.75) is 19.6 Å². The fourth-order valence-corrected chi connectivity index (χ4v) is 3.53. The maximum atomic E-state index is 13.1. The number of carbonyl (C=O) groups is 3. The van der Waals surface area contributed by atoms with Crippen molar-refractivity contribution in [3.8, 4) is 17.2 Å². The van der Waals surface area contributed by atoms with Crippen LogP contribution >= 0.6 is 0 Å². The Morgan fingerprint density at radius 1 is 1.18 bits per heavy atom. The number of benzene rings is 2. The Morgan fingerprint density at radius 2 is 1.94 bits per heavy atom. The van der Waals surface area contributed by atoms with E-state index in [0.717, 1.165) is 0 Å². The van der Waals surface area contributed by atoms with Crippen LogP contribution in [-0.2, 0) is 19.1 Å². The molecular weight excluding hydrogens is 442 g/mol. The summed E-state index contributed by atoms with van der Waals surface area (Å²) in [4.78, 5) is 38.5. The second-order valence-corrected chi connectivity index (χ2v) is 7.29. The van der Waals surface area contributed by atoms with Crippen molar-refractivity contribution in [3.05, 3.63) is 42.5 Å². The Labute approximate surface area is 187 Å². The Bertz CT molecular complexity index is 1090. The van der Waals surface area contributed by atoms with E-state index in [9.17, 15) is 23.2 Å². The SMILES string of the molecule is CCOc1ccccc1N1C[C@@H](C(=O)OCC(=O)Nc2ccc3c(c2)OC(F)(F)O3)CC1=O. The first-order valence-electron chi connectivity index (χ1n) is 10.1. The molecule has 0 radical (unpaired) electrons. The molecule has 0 bridgehead atoms. The molecule has 2 aromatic rings. The summed E-state index contributed by atoms with van der Waals surface area (Å²) < 4.78 is 45.4. The lowest BCUT2D eigenvalue weighted by molar-refractivity contribution is -0.286. The van der Waals surface area contributed by atoms with Crippen molar-refractivity contribution in [1.82, 2.24) is 0 Å². The number of hydrogen-bond donors (Lipinski definition) is 1. The van der Waals surface area contributed by atoms with Crippen LogP contribution in [0.3, 0.4) is 0 Å². The number of nitrogens with one attached hydrogen (secondary N) is 1. The first-order valence-corrected chi connectivity index (χ1v) is 10.1. The lowest BCUT2D eigenvalue weighted by atomic mass is 10.1. The van der Waals surface area contributed by atoms with Crippen LogP contribution in [0.5, 0.6) is 17.2 Å². The molecule has 0 aromatic heterocycles. The number of nitrogens with zero attached hydrogens (tertiary/aromatic N) is 1. The molecule has 2 amide bonds. The molecule has 2 aromatic carbocycles. The quantitative estimate of drug-likeness (QED) is 0.631. The van der Waals surface area contributed by atoms with E-state index in [-0.39, 0.29) is 36.1 Å². The van der Waals surface area contributed by atoms with Gasteiger partial charge in [-0.3, -0.25) is 14.4 Å². The molecule has 0 unspecified atom stereocenters. The molecule has 2 aliphatic rings. The highest BCUT2D eigenvalue weighted by Crippen LogP contribution is 2.42. The van der Waals surface area contributed by atoms with Gasteiger partial charge in [-0.25, -0.2) is 0 Å². The number of amides is 2. The number of rotatable bonds is 7. The van der Waals surface area contributed by atoms with Gasteiger partial charge < -0.3 is 29.2 Å². The number of ether oxygens (including phenoxy) is 4. The van der Waals surface area contributed by atoms with Gasteiger partial charge in [0.2, 0.25) is 5.91 Å². The summed E-state index contributed by atoms with van der Waals surface area (Å²) in [5, 5.41) is 2.42. The van der Waals surface area contributed by atoms with E-state index in [2.05, 4.69) is 14.8 Å². The summed E-state index contributed by atoms with van der Waals surface area (Å²) in [6.45, 7) is 1.74. The lowest BCUT2D eigenvalue weighted by Gasteiger charge is -2.19. The maximum Gasteiger partial charge on any atom is 0.586 e. The number of halogens is 2. The second-order valence-electron chi connectivity index (χ2n) is 7.29. The maximum absolute atomic E-state index is 13.1. The van der Waals surface area contributed by atoms with Crippen molar-refractivity contribution >= 4 is 29.2 Å². The highest BCUT2D eigenvalue weighted by molar-refractivity contribution is 6.01. The van der Waals surface area contributed by atoms with E-state index in [4.69, 9.17) is 9.47 Å². The van der Waals surface area contributed by atoms with Crippen molar-refractivity contribution in [1.29, 1.82) is 0 Å². The molecule has 1 atom stereocenters. The number of alkyl halides is 2. The van der Waals surface area contributed by atoms with Gasteiger partial charge in [-0.1, -0.05) is 12.1 Å². The summed E-state index contributed by atoms with van der Waals surface area (Å²) in [6.07, 6.45) is -3.83. The smallest absolute Gasteiger partial charge is 0.492 e. The summed E-state index contributed by atoms with van der Waals surface area (Å²) in [6, 6.07) is 10.7. The summed E-state index contributed by atoms with van der Waals surface area (Å²) in [7, 11) is 0. The van der Waals surface area contributed by atoms with Crippen molar-refractivity contribution in [2.24, 2.45) is 5.92 Å². The minimum Gasteiger partial charge on any atom is -0.492 e. The van der Waals surface area contributed by atoms with Gasteiger partial charge >= 0.3 is 12.3 Å². The lowest BCUT2D eigenvalue weighted by Crippen LogP contribution is -2.28. The largest absolute Gasteiger partial charge is 0.586 e. The minimum absolute atomic E-state index is 0.0582. The number of carbonyl (C=O) groups excluding carboxylic acids is 3. The topological polar surface area (TPSA) is 103 Å². The molecule has 1 N–H and O–H groups in total. The minimum atomic E-state index is -3.77. The zero-order valence-electron chi connectivity index (χ0n) is 17.5. The van der Waals surface area contributed by atoms with E-state index < -0.39 is 30.7 Å². The molecule has 4 rings (SSSR count). The molecular formula is C22H20F2N2O7. The molecule has 174 valence electrons. The molecule has 1 saturated heterocycles. The molecule has 0 aliphatic carbocycles. The highest BCUT2D eigenvalue weighted by Gasteiger charge is 2.43. The summed E-state index contributed by atoms with van der Waals surface area (Å²) >= 11 is 0. The molecule has 2 heterocycles. The molecule has 11 heteroatoms. The first kappa shape index (κ1) is 22.3. The third kappa shape index (κ3) is 4.97. The van der Waals surface area contributed by atoms with Crippen LogP contribution in [0.1, 0.15) is 13.3 Å². The standard InChI is InChI=1S/C22H20F2N2O7/c1-2-30-16-6-4-3-5-15(16)26-11-13(9-20(26)28)21(29)31-12-19(27)25-14-7-8-17-18(10-14)33-22(23,24)32-17/h3-8,10,13H,2,9,11-12H2,1H3,(H,25,27)/t13-/m0/s1. The van der Waals surface area contributed by atoms with Gasteiger partial charge in [-0.15, -0.1) is 8.78 Å². The molecule has 0 saturated carbocycles. The van der Waals surface area contributed by atoms with Gasteiger partial charge in [-0.2, -0.15) is 0 Å². The van der Waals surface area contributed by atoms with Gasteiger partial charge in [0.05, 0.1) is 18.2 Å². The van der Waals surface area contributed by atoms with Crippen LogP contribution in [0, 0.1) is 5.92 Å². The Morgan fingerprint density at radius 3 is 2.73 bits per heavy atom. The molecule has 0 spiro atoms. The van der Waals surface area contributed by atoms with Gasteiger partial charge in [0.15, 0.2) is 18.1 Å². The van der Waals surface area contributed by atoms with E-state index in [0.29, 0.717) is 18.0 Å². The van der Waals surface area contributed by atoms with E-state index in [1.807, 2.05) is 6.92 Å². The number of anilines is 2. The monoisotopic (exact) mass is 462 g/mol. The zero-order valence-corrected chi connectivity index (χ0v) is 17.5. The second kappa shape index (κ2) is 8.93. The predicted molar refractivity (Wildman–Crippen MR) is 110 cm³/mol. The first-order chi connectivity index (χ1) is 15.8. The van der Waals surface area contributed by atoms with Crippen LogP contribution in [0.2, 0.25) is 0 Å². The zero-order chi connectivity index (χ0) is 23.6. The van der Waals surface area contributed by atoms with Crippen molar-refractivity contribution in [3.63, 3.8) is 0 Å². The average Bonchev–Trinajstić information content (AvgIpc) is 3.30. The van der Waals surface area contributed by atoms with Crippen LogP contribution in [-0.4, -0.2) is 43.8 Å². The summed E-state index contributed by atoms with van der Waals surface area (Å²) in [5.74, 6) is -2.24. The van der Waals surface area contributed by atoms with Crippen LogP contribution in [0.4, 0.5) is 20.2 Å². The van der Waals surface area contributed by atoms with Crippen LogP contribution < -0.4 is 24.4 Å². The summed E-state index contributed by atoms with van der Waals surface area (Å²) in [5.41, 5.74) is 0.719. The number of esters is 1. The fourth-order valence-electron chi connectivity index (χ4n) is 3.53. The molecule has 33 heavy (non-hydrogen) atoms. The average molecular weight is 462 g/mol. The molecule has 2 aliphatic heterocycles. The van der Waals surface area contributed by atoms with E-state index >= 15 is 0 Å². The number of fused-ring (bicyclic) bond motifs is 1. The number of hydrogen-bond acceptors (Lipinski definition) is 7. The number of para-hydroxylation sites is 2. The van der Waals surface area contributed by atoms with Crippen molar-refractivity contribution < 1.29 is 42.1 Å². The third-order valence-electron chi connectivity index (χ3n) is 4.94. The van der Waals surface area contributed by atoms with E-state index in [1.54, 1.807) is 24.3 Å². The Balaban J connectivity index is 1.31. The normalized spacial score (nSPS) is 18.2. The molecule has 9 nitrogen and oxygen atoms in total. The van der Waals surface area contributed by atoms with Crippen LogP contribution in [0.15, 0.2) is 42.5 Å². The van der Waals surface area contributed by atoms with Crippen molar-refractivity contribution in [2.75, 3.05) is 30.0 Å². The van der Waals surface area contributed by atoms with E-state index in [1.165, 1.54) is 23.1 Å². The Hall–Kier alpha value is -3.89. The third-order valence-corrected chi connectivity index (χ3v) is 4.94. The molecule has 1 fully saturated rings. The van der Waals surface area contributed by atoms with Gasteiger partial charge in [0, 0.05) is 24.7 Å².